The molecule has 2 aromatic heterocycles. The number of nitrogens with one attached hydrogen (secondary N) is 1. The second-order valence-electron chi connectivity index (χ2n) is 6.17. The minimum atomic E-state index is -3.48. The fourth-order valence-electron chi connectivity index (χ4n) is 2.87. The number of hydrogen-bond donors (Lipinski definition) is 1. The summed E-state index contributed by atoms with van der Waals surface area (Å²) in [5.74, 6) is 0.102. The molecule has 1 aliphatic rings. The average Bonchev–Trinajstić information content (AvgIpc) is 3.29. The van der Waals surface area contributed by atoms with Crippen molar-refractivity contribution in [1.82, 2.24) is 14.6 Å². The van der Waals surface area contributed by atoms with Gasteiger partial charge in [-0.05, 0) is 43.9 Å². The Hall–Kier alpha value is -1.55. The summed E-state index contributed by atoms with van der Waals surface area (Å²) >= 11 is 2.82. The summed E-state index contributed by atoms with van der Waals surface area (Å²) in [5, 5.41) is 5.69. The van der Waals surface area contributed by atoms with Gasteiger partial charge in [-0.25, -0.2) is 13.4 Å². The normalized spacial score (nSPS) is 16.5. The molecule has 0 saturated carbocycles. The van der Waals surface area contributed by atoms with E-state index in [0.29, 0.717) is 29.8 Å². The molecule has 1 aliphatic heterocycles. The Kier molecular flexibility index (Phi) is 5.91. The maximum Gasteiger partial charge on any atom is 0.252 e. The smallest absolute Gasteiger partial charge is 0.252 e. The fourth-order valence-corrected chi connectivity index (χ4v) is 6.45. The van der Waals surface area contributed by atoms with Crippen molar-refractivity contribution in [2.24, 2.45) is 5.92 Å². The number of hydrogen-bond acceptors (Lipinski definition) is 6. The van der Waals surface area contributed by atoms with Crippen LogP contribution in [0.4, 0.5) is 0 Å². The molecule has 0 aromatic carbocycles. The average molecular weight is 412 g/mol. The molecule has 1 fully saturated rings. The summed E-state index contributed by atoms with van der Waals surface area (Å²) in [5.41, 5.74) is 0.829. The number of amides is 1. The quantitative estimate of drug-likeness (QED) is 0.742. The van der Waals surface area contributed by atoms with E-state index in [-0.39, 0.29) is 5.91 Å². The van der Waals surface area contributed by atoms with Gasteiger partial charge in [0.25, 0.3) is 10.0 Å². The van der Waals surface area contributed by atoms with Crippen molar-refractivity contribution in [1.29, 1.82) is 0 Å². The summed E-state index contributed by atoms with van der Waals surface area (Å²) in [7, 11) is -3.48. The lowest BCUT2D eigenvalue weighted by Gasteiger charge is -2.30. The van der Waals surface area contributed by atoms with Gasteiger partial charge in [0.15, 0.2) is 0 Å². The first kappa shape index (κ1) is 19.2. The zero-order chi connectivity index (χ0) is 18.7. The van der Waals surface area contributed by atoms with Crippen LogP contribution in [-0.2, 0) is 14.8 Å². The Labute approximate surface area is 161 Å². The van der Waals surface area contributed by atoms with E-state index in [9.17, 15) is 13.2 Å². The number of thiophene rings is 1. The largest absolute Gasteiger partial charge is 0.352 e. The van der Waals surface area contributed by atoms with Crippen LogP contribution in [0, 0.1) is 12.8 Å². The van der Waals surface area contributed by atoms with E-state index >= 15 is 0 Å². The Bertz CT molecular complexity index is 893. The number of piperidine rings is 1. The number of nitrogens with zero attached hydrogens (tertiary/aromatic N) is 2. The lowest BCUT2D eigenvalue weighted by atomic mass is 9.98. The fraction of sp³-hybridized carbons (Fsp3) is 0.412. The zero-order valence-corrected chi connectivity index (χ0v) is 16.9. The summed E-state index contributed by atoms with van der Waals surface area (Å²) < 4.78 is 27.7. The summed E-state index contributed by atoms with van der Waals surface area (Å²) in [6.45, 7) is 6.86. The molecule has 3 rings (SSSR count). The van der Waals surface area contributed by atoms with E-state index < -0.39 is 10.0 Å². The first-order valence-electron chi connectivity index (χ1n) is 8.33. The molecule has 1 saturated heterocycles. The predicted octanol–water partition coefficient (Wildman–Crippen LogP) is 2.88. The van der Waals surface area contributed by atoms with Crippen molar-refractivity contribution in [3.05, 3.63) is 35.2 Å². The summed E-state index contributed by atoms with van der Waals surface area (Å²) in [6.07, 6.45) is 2.72. The summed E-state index contributed by atoms with van der Waals surface area (Å²) in [6, 6.07) is 3.49. The Morgan fingerprint density at radius 1 is 1.42 bits per heavy atom. The number of aryl methyl sites for hydroxylation is 1. The van der Waals surface area contributed by atoms with Gasteiger partial charge < -0.3 is 5.32 Å². The van der Waals surface area contributed by atoms with Crippen molar-refractivity contribution in [3.8, 4) is 10.6 Å². The van der Waals surface area contributed by atoms with Crippen molar-refractivity contribution in [3.63, 3.8) is 0 Å². The van der Waals surface area contributed by atoms with Gasteiger partial charge in [0, 0.05) is 25.0 Å². The number of sulfonamides is 1. The molecule has 2 aromatic rings. The van der Waals surface area contributed by atoms with Crippen molar-refractivity contribution in [2.45, 2.75) is 24.0 Å². The number of carbonyl (C=O) groups is 1. The zero-order valence-electron chi connectivity index (χ0n) is 14.5. The van der Waals surface area contributed by atoms with Crippen LogP contribution in [0.5, 0.6) is 0 Å². The van der Waals surface area contributed by atoms with Gasteiger partial charge in [-0.1, -0.05) is 6.58 Å². The molecule has 1 amide bonds. The van der Waals surface area contributed by atoms with Gasteiger partial charge >= 0.3 is 0 Å². The molecule has 26 heavy (non-hydrogen) atoms. The van der Waals surface area contributed by atoms with Crippen LogP contribution < -0.4 is 5.32 Å². The maximum atomic E-state index is 12.9. The standard InChI is InChI=1S/C17H21N3O3S3/c1-3-16(21)18-10-13-6-8-20(9-7-13)26(22,23)17-5-4-15(25-17)14-11-24-12(2)19-14/h3-5,11,13H,1,6-10H2,2H3,(H,18,21). The Balaban J connectivity index is 1.63. The molecule has 9 heteroatoms. The van der Waals surface area contributed by atoms with Crippen LogP contribution >= 0.6 is 22.7 Å². The van der Waals surface area contributed by atoms with Gasteiger partial charge in [0.1, 0.15) is 4.21 Å². The van der Waals surface area contributed by atoms with E-state index in [1.165, 1.54) is 17.4 Å². The van der Waals surface area contributed by atoms with Crippen LogP contribution in [0.15, 0.2) is 34.4 Å². The van der Waals surface area contributed by atoms with Crippen LogP contribution in [0.25, 0.3) is 10.6 Å². The number of thiazole rings is 1. The molecule has 0 unspecified atom stereocenters. The first-order valence-corrected chi connectivity index (χ1v) is 11.5. The molecule has 0 aliphatic carbocycles. The maximum absolute atomic E-state index is 12.9. The third kappa shape index (κ3) is 4.22. The molecule has 1 N–H and O–H groups in total. The monoisotopic (exact) mass is 411 g/mol. The number of carbonyl (C=O) groups excluding carboxylic acids is 1. The van der Waals surface area contributed by atoms with E-state index in [4.69, 9.17) is 0 Å². The Morgan fingerprint density at radius 2 is 2.15 bits per heavy atom. The highest BCUT2D eigenvalue weighted by molar-refractivity contribution is 7.91. The van der Waals surface area contributed by atoms with Gasteiger partial charge in [0.05, 0.1) is 15.6 Å². The van der Waals surface area contributed by atoms with Crippen LogP contribution in [-0.4, -0.2) is 43.2 Å². The number of rotatable bonds is 6. The summed E-state index contributed by atoms with van der Waals surface area (Å²) in [4.78, 5) is 16.5. The van der Waals surface area contributed by atoms with E-state index in [0.717, 1.165) is 28.4 Å². The highest BCUT2D eigenvalue weighted by Gasteiger charge is 2.30. The van der Waals surface area contributed by atoms with E-state index in [1.807, 2.05) is 18.4 Å². The molecular weight excluding hydrogens is 390 g/mol. The van der Waals surface area contributed by atoms with Gasteiger partial charge in [-0.15, -0.1) is 22.7 Å². The topological polar surface area (TPSA) is 79.4 Å². The Morgan fingerprint density at radius 3 is 2.77 bits per heavy atom. The minimum absolute atomic E-state index is 0.191. The molecular formula is C17H21N3O3S3. The molecule has 140 valence electrons. The van der Waals surface area contributed by atoms with Gasteiger partial charge in [0.2, 0.25) is 5.91 Å². The minimum Gasteiger partial charge on any atom is -0.352 e. The molecule has 6 nitrogen and oxygen atoms in total. The predicted molar refractivity (Wildman–Crippen MR) is 105 cm³/mol. The van der Waals surface area contributed by atoms with Crippen molar-refractivity contribution < 1.29 is 13.2 Å². The lowest BCUT2D eigenvalue weighted by molar-refractivity contribution is -0.116. The first-order chi connectivity index (χ1) is 12.4. The highest BCUT2D eigenvalue weighted by Crippen LogP contribution is 2.34. The third-order valence-corrected chi connectivity index (χ3v) is 8.62. The lowest BCUT2D eigenvalue weighted by Crippen LogP contribution is -2.41. The molecule has 3 heterocycles. The number of aromatic nitrogens is 1. The van der Waals surface area contributed by atoms with Crippen molar-refractivity contribution >= 4 is 38.6 Å². The second-order valence-corrected chi connectivity index (χ2v) is 10.5. The van der Waals surface area contributed by atoms with Crippen molar-refractivity contribution in [2.75, 3.05) is 19.6 Å². The third-order valence-electron chi connectivity index (χ3n) is 4.37. The van der Waals surface area contributed by atoms with Crippen LogP contribution in [0.2, 0.25) is 0 Å². The second kappa shape index (κ2) is 7.99. The van der Waals surface area contributed by atoms with Gasteiger partial charge in [-0.2, -0.15) is 4.31 Å². The van der Waals surface area contributed by atoms with E-state index in [2.05, 4.69) is 16.9 Å². The van der Waals surface area contributed by atoms with Crippen LogP contribution in [0.3, 0.4) is 0 Å². The van der Waals surface area contributed by atoms with Gasteiger partial charge in [-0.3, -0.25) is 4.79 Å². The molecule has 0 bridgehead atoms. The molecule has 0 spiro atoms. The SMILES string of the molecule is C=CC(=O)NCC1CCN(S(=O)(=O)c2ccc(-c3csc(C)n3)s2)CC1. The highest BCUT2D eigenvalue weighted by atomic mass is 32.2. The van der Waals surface area contributed by atoms with E-state index in [1.54, 1.807) is 21.7 Å². The van der Waals surface area contributed by atoms with Crippen LogP contribution in [0.1, 0.15) is 17.8 Å². The molecule has 0 radical (unpaired) electrons. The molecule has 0 atom stereocenters.